The second kappa shape index (κ2) is 6.66. The highest BCUT2D eigenvalue weighted by Gasteiger charge is 2.56. The topological polar surface area (TPSA) is 74.8 Å². The van der Waals surface area contributed by atoms with Crippen LogP contribution >= 0.6 is 0 Å². The number of carbonyl (C=O) groups excluding carboxylic acids is 1. The predicted octanol–water partition coefficient (Wildman–Crippen LogP) is 4.41. The Balaban J connectivity index is 1.45. The van der Waals surface area contributed by atoms with Crippen molar-refractivity contribution in [2.45, 2.75) is 18.9 Å². The van der Waals surface area contributed by atoms with Crippen LogP contribution in [0.15, 0.2) is 55.2 Å². The average molecular weight is 417 g/mol. The standard InChI is InChI=1S/C23H17F2N5O/c24-15-7-13(19-10-26-5-6-27-19)8-16(25)21(15)22-20(12-1-2-12)23(31)30(22)14-3-4-17-18(9-14)29-11-28-17/h3-12,20,22H,1-2H2,(H,28,29)/t20-,22-/m1/s1. The molecule has 1 amide bonds. The Morgan fingerprint density at radius 1 is 1.03 bits per heavy atom. The lowest BCUT2D eigenvalue weighted by atomic mass is 9.78. The van der Waals surface area contributed by atoms with E-state index in [1.54, 1.807) is 18.5 Å². The zero-order chi connectivity index (χ0) is 21.1. The maximum atomic E-state index is 15.3. The summed E-state index contributed by atoms with van der Waals surface area (Å²) in [5, 5.41) is 0. The van der Waals surface area contributed by atoms with Crippen LogP contribution in [-0.4, -0.2) is 25.8 Å². The number of rotatable bonds is 4. The summed E-state index contributed by atoms with van der Waals surface area (Å²) in [4.78, 5) is 29.9. The molecule has 2 aliphatic rings. The molecule has 0 radical (unpaired) electrons. The van der Waals surface area contributed by atoms with E-state index >= 15 is 8.78 Å². The minimum atomic E-state index is -0.688. The molecule has 2 aromatic heterocycles. The van der Waals surface area contributed by atoms with E-state index in [-0.39, 0.29) is 17.4 Å². The first-order valence-corrected chi connectivity index (χ1v) is 10.1. The van der Waals surface area contributed by atoms with Crippen LogP contribution in [0.1, 0.15) is 24.4 Å². The molecule has 1 aliphatic heterocycles. The minimum absolute atomic E-state index is 0.0775. The fraction of sp³-hybridized carbons (Fsp3) is 0.217. The van der Waals surface area contributed by atoms with Crippen LogP contribution in [0, 0.1) is 23.5 Å². The van der Waals surface area contributed by atoms with Gasteiger partial charge in [-0.15, -0.1) is 0 Å². The zero-order valence-electron chi connectivity index (χ0n) is 16.3. The van der Waals surface area contributed by atoms with Crippen LogP contribution in [0.5, 0.6) is 0 Å². The van der Waals surface area contributed by atoms with E-state index < -0.39 is 23.6 Å². The molecular formula is C23H17F2N5O. The van der Waals surface area contributed by atoms with Gasteiger partial charge in [-0.25, -0.2) is 13.8 Å². The smallest absolute Gasteiger partial charge is 0.233 e. The Bertz CT molecular complexity index is 1300. The van der Waals surface area contributed by atoms with Gasteiger partial charge in [0.2, 0.25) is 5.91 Å². The minimum Gasteiger partial charge on any atom is -0.345 e. The lowest BCUT2D eigenvalue weighted by molar-refractivity contribution is -0.131. The van der Waals surface area contributed by atoms with Gasteiger partial charge in [-0.2, -0.15) is 0 Å². The molecule has 2 fully saturated rings. The number of halogens is 2. The molecule has 3 heterocycles. The van der Waals surface area contributed by atoms with Gasteiger partial charge in [-0.1, -0.05) is 0 Å². The number of aromatic amines is 1. The molecule has 0 spiro atoms. The maximum Gasteiger partial charge on any atom is 0.233 e. The van der Waals surface area contributed by atoms with Gasteiger partial charge >= 0.3 is 0 Å². The summed E-state index contributed by atoms with van der Waals surface area (Å²) in [6, 6.07) is 7.21. The highest BCUT2D eigenvalue weighted by atomic mass is 19.1. The molecule has 1 N–H and O–H groups in total. The van der Waals surface area contributed by atoms with Crippen molar-refractivity contribution >= 4 is 22.6 Å². The second-order valence-electron chi connectivity index (χ2n) is 8.06. The summed E-state index contributed by atoms with van der Waals surface area (Å²) in [5.41, 5.74) is 2.73. The molecule has 31 heavy (non-hydrogen) atoms. The normalized spacial score (nSPS) is 20.8. The number of benzene rings is 2. The van der Waals surface area contributed by atoms with Gasteiger partial charge in [0, 0.05) is 29.2 Å². The average Bonchev–Trinajstić information content (AvgIpc) is 3.48. The first kappa shape index (κ1) is 18.1. The van der Waals surface area contributed by atoms with Crippen LogP contribution in [0.2, 0.25) is 0 Å². The number of H-pyrrole nitrogens is 1. The summed E-state index contributed by atoms with van der Waals surface area (Å²) in [6.07, 6.45) is 7.80. The number of imidazole rings is 1. The molecule has 6 rings (SSSR count). The number of anilines is 1. The number of amides is 1. The Kier molecular flexibility index (Phi) is 3.89. The number of carbonyl (C=O) groups is 1. The van der Waals surface area contributed by atoms with Gasteiger partial charge < -0.3 is 9.88 Å². The highest BCUT2D eigenvalue weighted by molar-refractivity contribution is 6.04. The number of hydrogen-bond donors (Lipinski definition) is 1. The van der Waals surface area contributed by atoms with E-state index in [0.29, 0.717) is 22.5 Å². The van der Waals surface area contributed by atoms with Gasteiger partial charge in [0.1, 0.15) is 11.6 Å². The van der Waals surface area contributed by atoms with Crippen molar-refractivity contribution in [2.75, 3.05) is 4.90 Å². The van der Waals surface area contributed by atoms with Crippen molar-refractivity contribution in [1.82, 2.24) is 19.9 Å². The van der Waals surface area contributed by atoms with Crippen molar-refractivity contribution in [2.24, 2.45) is 11.8 Å². The Morgan fingerprint density at radius 2 is 1.84 bits per heavy atom. The Labute approximate surface area is 176 Å². The lowest BCUT2D eigenvalue weighted by Gasteiger charge is -2.48. The number of β-lactam (4-membered cyclic amide) rings is 1. The third-order valence-electron chi connectivity index (χ3n) is 6.19. The van der Waals surface area contributed by atoms with Gasteiger partial charge in [0.15, 0.2) is 0 Å². The lowest BCUT2D eigenvalue weighted by Crippen LogP contribution is -2.56. The first-order chi connectivity index (χ1) is 15.1. The molecule has 4 aromatic rings. The fourth-order valence-corrected chi connectivity index (χ4v) is 4.56. The summed E-state index contributed by atoms with van der Waals surface area (Å²) in [6.45, 7) is 0. The monoisotopic (exact) mass is 417 g/mol. The number of nitrogens with zero attached hydrogens (tertiary/aromatic N) is 4. The summed E-state index contributed by atoms with van der Waals surface area (Å²) >= 11 is 0. The van der Waals surface area contributed by atoms with Crippen LogP contribution < -0.4 is 4.90 Å². The van der Waals surface area contributed by atoms with Crippen LogP contribution in [0.4, 0.5) is 14.5 Å². The first-order valence-electron chi connectivity index (χ1n) is 10.1. The Morgan fingerprint density at radius 3 is 2.55 bits per heavy atom. The fourth-order valence-electron chi connectivity index (χ4n) is 4.56. The molecule has 2 atom stereocenters. The van der Waals surface area contributed by atoms with Crippen molar-refractivity contribution in [3.63, 3.8) is 0 Å². The van der Waals surface area contributed by atoms with Crippen LogP contribution in [0.25, 0.3) is 22.3 Å². The van der Waals surface area contributed by atoms with Crippen molar-refractivity contribution < 1.29 is 13.6 Å². The molecule has 0 bridgehead atoms. The van der Waals surface area contributed by atoms with E-state index in [9.17, 15) is 4.79 Å². The molecule has 2 aromatic carbocycles. The summed E-state index contributed by atoms with van der Waals surface area (Å²) in [7, 11) is 0. The molecule has 8 heteroatoms. The van der Waals surface area contributed by atoms with E-state index in [1.165, 1.54) is 35.6 Å². The summed E-state index contributed by atoms with van der Waals surface area (Å²) in [5.74, 6) is -1.72. The largest absolute Gasteiger partial charge is 0.345 e. The van der Waals surface area contributed by atoms with E-state index in [2.05, 4.69) is 19.9 Å². The van der Waals surface area contributed by atoms with E-state index in [4.69, 9.17) is 0 Å². The highest BCUT2D eigenvalue weighted by Crippen LogP contribution is 2.55. The maximum absolute atomic E-state index is 15.3. The molecule has 1 saturated carbocycles. The number of hydrogen-bond acceptors (Lipinski definition) is 4. The predicted molar refractivity (Wildman–Crippen MR) is 110 cm³/mol. The van der Waals surface area contributed by atoms with Gasteiger partial charge in [-0.05, 0) is 49.1 Å². The number of fused-ring (bicyclic) bond motifs is 1. The number of aromatic nitrogens is 4. The van der Waals surface area contributed by atoms with Gasteiger partial charge in [0.25, 0.3) is 0 Å². The van der Waals surface area contributed by atoms with Crippen LogP contribution in [-0.2, 0) is 4.79 Å². The second-order valence-corrected chi connectivity index (χ2v) is 8.06. The summed E-state index contributed by atoms with van der Waals surface area (Å²) < 4.78 is 30.6. The molecule has 6 nitrogen and oxygen atoms in total. The van der Waals surface area contributed by atoms with Gasteiger partial charge in [0.05, 0.1) is 41.2 Å². The quantitative estimate of drug-likeness (QED) is 0.499. The number of nitrogens with one attached hydrogen (secondary N) is 1. The molecule has 1 saturated heterocycles. The van der Waals surface area contributed by atoms with E-state index in [0.717, 1.165) is 18.4 Å². The van der Waals surface area contributed by atoms with Crippen molar-refractivity contribution in [3.8, 4) is 11.3 Å². The third kappa shape index (κ3) is 2.82. The third-order valence-corrected chi connectivity index (χ3v) is 6.19. The van der Waals surface area contributed by atoms with Crippen molar-refractivity contribution in [1.29, 1.82) is 0 Å². The zero-order valence-corrected chi connectivity index (χ0v) is 16.3. The SMILES string of the molecule is O=C1[C@H](C2CC2)[C@H](c2c(F)cc(-c3cnccn3)cc2F)N1c1ccc2[nH]cnc2c1. The molecular weight excluding hydrogens is 400 g/mol. The molecule has 0 unspecified atom stereocenters. The van der Waals surface area contributed by atoms with Crippen molar-refractivity contribution in [3.05, 3.63) is 72.4 Å². The molecule has 1 aliphatic carbocycles. The van der Waals surface area contributed by atoms with E-state index in [1.807, 2.05) is 6.07 Å². The Hall–Kier alpha value is -3.68. The van der Waals surface area contributed by atoms with Gasteiger partial charge in [-0.3, -0.25) is 14.8 Å². The van der Waals surface area contributed by atoms with Crippen LogP contribution in [0.3, 0.4) is 0 Å². The molecule has 154 valence electrons.